The highest BCUT2D eigenvalue weighted by atomic mass is 32.2. The van der Waals surface area contributed by atoms with Crippen molar-refractivity contribution in [1.29, 1.82) is 0 Å². The van der Waals surface area contributed by atoms with E-state index in [-0.39, 0.29) is 11.6 Å². The molecule has 6 nitrogen and oxygen atoms in total. The summed E-state index contributed by atoms with van der Waals surface area (Å²) in [5.41, 5.74) is -1.04. The molecule has 0 aromatic carbocycles. The van der Waals surface area contributed by atoms with Crippen LogP contribution in [0.4, 0.5) is 0 Å². The second-order valence-electron chi connectivity index (χ2n) is 4.81. The fourth-order valence-electron chi connectivity index (χ4n) is 1.61. The molecule has 1 aromatic heterocycles. The second kappa shape index (κ2) is 5.38. The number of rotatable bonds is 6. The summed E-state index contributed by atoms with van der Waals surface area (Å²) in [6, 6.07) is 0. The Morgan fingerprint density at radius 1 is 1.56 bits per heavy atom. The molecule has 7 heteroatoms. The summed E-state index contributed by atoms with van der Waals surface area (Å²) in [7, 11) is -1.92. The van der Waals surface area contributed by atoms with Crippen LogP contribution in [0, 0.1) is 6.92 Å². The van der Waals surface area contributed by atoms with Crippen LogP contribution < -0.4 is 4.72 Å². The van der Waals surface area contributed by atoms with E-state index in [0.29, 0.717) is 12.2 Å². The van der Waals surface area contributed by atoms with Gasteiger partial charge in [-0.15, -0.1) is 0 Å². The van der Waals surface area contributed by atoms with Crippen LogP contribution in [0.1, 0.15) is 32.5 Å². The van der Waals surface area contributed by atoms with Crippen LogP contribution in [-0.2, 0) is 17.1 Å². The fraction of sp³-hybridized carbons (Fsp3) is 0.727. The summed E-state index contributed by atoms with van der Waals surface area (Å²) >= 11 is 0. The number of aliphatic hydroxyl groups is 1. The average molecular weight is 275 g/mol. The van der Waals surface area contributed by atoms with E-state index >= 15 is 0 Å². The number of aryl methyl sites for hydroxylation is 2. The van der Waals surface area contributed by atoms with Gasteiger partial charge in [-0.05, 0) is 20.3 Å². The van der Waals surface area contributed by atoms with E-state index in [1.54, 1.807) is 25.5 Å². The third-order valence-electron chi connectivity index (χ3n) is 2.79. The summed E-state index contributed by atoms with van der Waals surface area (Å²) in [4.78, 5) is 3.96. The van der Waals surface area contributed by atoms with Crippen LogP contribution >= 0.6 is 0 Å². The molecule has 1 atom stereocenters. The Hall–Kier alpha value is -0.920. The SMILES string of the molecule is CCCC(C)(O)CNS(=O)(=O)c1cn(C)c(C)n1. The predicted octanol–water partition coefficient (Wildman–Crippen LogP) is 0.558. The average Bonchev–Trinajstić information content (AvgIpc) is 2.58. The summed E-state index contributed by atoms with van der Waals surface area (Å²) in [5, 5.41) is 9.91. The Labute approximate surface area is 108 Å². The zero-order valence-electron chi connectivity index (χ0n) is 11.3. The molecule has 0 aliphatic heterocycles. The maximum atomic E-state index is 12.0. The first-order valence-electron chi connectivity index (χ1n) is 5.90. The summed E-state index contributed by atoms with van der Waals surface area (Å²) in [5.74, 6) is 0.621. The minimum Gasteiger partial charge on any atom is -0.389 e. The first-order chi connectivity index (χ1) is 8.18. The molecule has 0 saturated carbocycles. The molecule has 1 rings (SSSR count). The van der Waals surface area contributed by atoms with Crippen molar-refractivity contribution < 1.29 is 13.5 Å². The van der Waals surface area contributed by atoms with Crippen molar-refractivity contribution >= 4 is 10.0 Å². The van der Waals surface area contributed by atoms with Gasteiger partial charge in [-0.3, -0.25) is 0 Å². The van der Waals surface area contributed by atoms with Crippen molar-refractivity contribution in [2.75, 3.05) is 6.54 Å². The molecular formula is C11H21N3O3S. The molecule has 0 bridgehead atoms. The van der Waals surface area contributed by atoms with E-state index in [9.17, 15) is 13.5 Å². The molecule has 2 N–H and O–H groups in total. The van der Waals surface area contributed by atoms with Gasteiger partial charge in [0.1, 0.15) is 5.82 Å². The number of sulfonamides is 1. The molecular weight excluding hydrogens is 254 g/mol. The number of hydrogen-bond acceptors (Lipinski definition) is 4. The van der Waals surface area contributed by atoms with Gasteiger partial charge in [0.2, 0.25) is 0 Å². The lowest BCUT2D eigenvalue weighted by Crippen LogP contribution is -2.40. The first-order valence-corrected chi connectivity index (χ1v) is 7.38. The van der Waals surface area contributed by atoms with Crippen LogP contribution in [0.5, 0.6) is 0 Å². The fourth-order valence-corrected chi connectivity index (χ4v) is 2.81. The van der Waals surface area contributed by atoms with Gasteiger partial charge >= 0.3 is 0 Å². The number of nitrogens with one attached hydrogen (secondary N) is 1. The first kappa shape index (κ1) is 15.1. The van der Waals surface area contributed by atoms with Gasteiger partial charge in [0.25, 0.3) is 10.0 Å². The van der Waals surface area contributed by atoms with Gasteiger partial charge in [0.05, 0.1) is 5.60 Å². The Morgan fingerprint density at radius 2 is 2.17 bits per heavy atom. The zero-order valence-corrected chi connectivity index (χ0v) is 12.1. The quantitative estimate of drug-likeness (QED) is 0.794. The Balaban J connectivity index is 2.77. The van der Waals surface area contributed by atoms with Crippen molar-refractivity contribution in [3.63, 3.8) is 0 Å². The summed E-state index contributed by atoms with van der Waals surface area (Å²) in [6.45, 7) is 5.26. The van der Waals surface area contributed by atoms with E-state index in [1.807, 2.05) is 6.92 Å². The van der Waals surface area contributed by atoms with Gasteiger partial charge in [-0.2, -0.15) is 0 Å². The van der Waals surface area contributed by atoms with Crippen molar-refractivity contribution in [3.8, 4) is 0 Å². The van der Waals surface area contributed by atoms with Crippen molar-refractivity contribution in [2.24, 2.45) is 7.05 Å². The number of hydrogen-bond donors (Lipinski definition) is 2. The lowest BCUT2D eigenvalue weighted by molar-refractivity contribution is 0.0554. The topological polar surface area (TPSA) is 84.2 Å². The van der Waals surface area contributed by atoms with Crippen LogP contribution in [0.25, 0.3) is 0 Å². The van der Waals surface area contributed by atoms with Gasteiger partial charge in [0.15, 0.2) is 5.03 Å². The Bertz CT molecular complexity index is 486. The van der Waals surface area contributed by atoms with E-state index in [4.69, 9.17) is 0 Å². The maximum Gasteiger partial charge on any atom is 0.259 e. The van der Waals surface area contributed by atoms with Crippen LogP contribution in [0.2, 0.25) is 0 Å². The van der Waals surface area contributed by atoms with Crippen molar-refractivity contribution in [3.05, 3.63) is 12.0 Å². The molecule has 18 heavy (non-hydrogen) atoms. The second-order valence-corrected chi connectivity index (χ2v) is 6.52. The molecule has 1 aromatic rings. The monoisotopic (exact) mass is 275 g/mol. The normalized spacial score (nSPS) is 15.6. The summed E-state index contributed by atoms with van der Waals surface area (Å²) < 4.78 is 27.9. The lowest BCUT2D eigenvalue weighted by atomic mass is 10.0. The largest absolute Gasteiger partial charge is 0.389 e. The lowest BCUT2D eigenvalue weighted by Gasteiger charge is -2.22. The van der Waals surface area contributed by atoms with Crippen molar-refractivity contribution in [2.45, 2.75) is 44.2 Å². The van der Waals surface area contributed by atoms with Crippen LogP contribution in [-0.4, -0.2) is 35.2 Å². The third kappa shape index (κ3) is 3.79. The highest BCUT2D eigenvalue weighted by Crippen LogP contribution is 2.13. The minimum atomic E-state index is -3.66. The number of imidazole rings is 1. The molecule has 0 aliphatic carbocycles. The molecule has 104 valence electrons. The standard InChI is InChI=1S/C11H21N3O3S/c1-5-6-11(3,15)8-12-18(16,17)10-7-14(4)9(2)13-10/h7,12,15H,5-6,8H2,1-4H3. The highest BCUT2D eigenvalue weighted by molar-refractivity contribution is 7.89. The third-order valence-corrected chi connectivity index (χ3v) is 4.07. The molecule has 1 heterocycles. The molecule has 0 aliphatic rings. The number of aromatic nitrogens is 2. The highest BCUT2D eigenvalue weighted by Gasteiger charge is 2.24. The Morgan fingerprint density at radius 3 is 2.61 bits per heavy atom. The molecule has 0 spiro atoms. The zero-order chi connectivity index (χ0) is 14.0. The van der Waals surface area contributed by atoms with Gasteiger partial charge in [-0.25, -0.2) is 18.1 Å². The van der Waals surface area contributed by atoms with Gasteiger partial charge < -0.3 is 9.67 Å². The minimum absolute atomic E-state index is 0.0151. The molecule has 1 unspecified atom stereocenters. The van der Waals surface area contributed by atoms with Crippen molar-refractivity contribution in [1.82, 2.24) is 14.3 Å². The summed E-state index contributed by atoms with van der Waals surface area (Å²) in [6.07, 6.45) is 2.78. The molecule has 0 saturated heterocycles. The molecule has 0 radical (unpaired) electrons. The Kier molecular flexibility index (Phi) is 4.52. The smallest absolute Gasteiger partial charge is 0.259 e. The molecule has 0 amide bonds. The van der Waals surface area contributed by atoms with Gasteiger partial charge in [0, 0.05) is 19.8 Å². The van der Waals surface area contributed by atoms with E-state index in [0.717, 1.165) is 6.42 Å². The van der Waals surface area contributed by atoms with Crippen LogP contribution in [0.3, 0.4) is 0 Å². The van der Waals surface area contributed by atoms with Crippen LogP contribution in [0.15, 0.2) is 11.2 Å². The molecule has 0 fully saturated rings. The maximum absolute atomic E-state index is 12.0. The van der Waals surface area contributed by atoms with E-state index in [2.05, 4.69) is 9.71 Å². The number of nitrogens with zero attached hydrogens (tertiary/aromatic N) is 2. The van der Waals surface area contributed by atoms with E-state index in [1.165, 1.54) is 6.20 Å². The van der Waals surface area contributed by atoms with Gasteiger partial charge in [-0.1, -0.05) is 13.3 Å². The predicted molar refractivity (Wildman–Crippen MR) is 68.7 cm³/mol. The van der Waals surface area contributed by atoms with E-state index < -0.39 is 15.6 Å².